The number of nitrogens with one attached hydrogen (secondary N) is 2. The molecule has 0 aliphatic heterocycles. The van der Waals surface area contributed by atoms with E-state index in [1.807, 2.05) is 19.1 Å². The zero-order valence-electron chi connectivity index (χ0n) is 15.8. The molecule has 0 spiro atoms. The fourth-order valence-corrected chi connectivity index (χ4v) is 2.59. The summed E-state index contributed by atoms with van der Waals surface area (Å²) in [6.45, 7) is 9.58. The maximum Gasteiger partial charge on any atom is 0.251 e. The Bertz CT molecular complexity index is 563. The molecule has 25 heavy (non-hydrogen) atoms. The molecule has 0 aromatic heterocycles. The van der Waals surface area contributed by atoms with Gasteiger partial charge in [-0.2, -0.15) is 0 Å². The van der Waals surface area contributed by atoms with Crippen LogP contribution in [-0.4, -0.2) is 49.4 Å². The molecule has 0 aliphatic rings. The normalized spacial score (nSPS) is 12.4. The Labute approximate surface area is 151 Å². The predicted octanol–water partition coefficient (Wildman–Crippen LogP) is 2.69. The smallest absolute Gasteiger partial charge is 0.251 e. The van der Waals surface area contributed by atoms with Gasteiger partial charge in [-0.1, -0.05) is 26.0 Å². The first kappa shape index (κ1) is 20.9. The summed E-state index contributed by atoms with van der Waals surface area (Å²) in [5, 5.41) is 5.57. The number of nitrogens with zero attached hydrogens (tertiary/aromatic N) is 1. The Morgan fingerprint density at radius 2 is 1.80 bits per heavy atom. The SMILES string of the molecule is CCN(CC)CCC[C@H](C)NC(=O)/C=C/c1ccc(C(=O)NC)cc1. The largest absolute Gasteiger partial charge is 0.355 e. The van der Waals surface area contributed by atoms with E-state index in [2.05, 4.69) is 29.4 Å². The summed E-state index contributed by atoms with van der Waals surface area (Å²) in [5.41, 5.74) is 1.49. The van der Waals surface area contributed by atoms with Crippen LogP contribution in [0.3, 0.4) is 0 Å². The second-order valence-corrected chi connectivity index (χ2v) is 6.11. The molecule has 0 unspecified atom stereocenters. The predicted molar refractivity (Wildman–Crippen MR) is 103 cm³/mol. The highest BCUT2D eigenvalue weighted by Crippen LogP contribution is 2.06. The number of benzene rings is 1. The van der Waals surface area contributed by atoms with Crippen LogP contribution in [-0.2, 0) is 4.79 Å². The van der Waals surface area contributed by atoms with E-state index in [0.717, 1.165) is 38.0 Å². The minimum Gasteiger partial charge on any atom is -0.355 e. The van der Waals surface area contributed by atoms with Crippen LogP contribution in [0.1, 0.15) is 49.5 Å². The fourth-order valence-electron chi connectivity index (χ4n) is 2.59. The van der Waals surface area contributed by atoms with Crippen molar-refractivity contribution in [3.8, 4) is 0 Å². The third-order valence-corrected chi connectivity index (χ3v) is 4.22. The van der Waals surface area contributed by atoms with E-state index in [4.69, 9.17) is 0 Å². The molecule has 0 radical (unpaired) electrons. The molecular formula is C20H31N3O2. The number of carbonyl (C=O) groups excluding carboxylic acids is 2. The maximum absolute atomic E-state index is 12.0. The van der Waals surface area contributed by atoms with E-state index in [-0.39, 0.29) is 17.9 Å². The molecule has 1 atom stereocenters. The Morgan fingerprint density at radius 1 is 1.16 bits per heavy atom. The van der Waals surface area contributed by atoms with Gasteiger partial charge in [0.05, 0.1) is 0 Å². The lowest BCUT2D eigenvalue weighted by molar-refractivity contribution is -0.117. The summed E-state index contributed by atoms with van der Waals surface area (Å²) in [4.78, 5) is 25.9. The van der Waals surface area contributed by atoms with Crippen LogP contribution < -0.4 is 10.6 Å². The lowest BCUT2D eigenvalue weighted by Gasteiger charge is -2.19. The molecule has 0 heterocycles. The van der Waals surface area contributed by atoms with E-state index < -0.39 is 0 Å². The highest BCUT2D eigenvalue weighted by molar-refractivity contribution is 5.94. The Hall–Kier alpha value is -2.14. The first-order chi connectivity index (χ1) is 12.0. The molecule has 5 heteroatoms. The summed E-state index contributed by atoms with van der Waals surface area (Å²) in [6, 6.07) is 7.28. The van der Waals surface area contributed by atoms with Gasteiger partial charge in [0.1, 0.15) is 0 Å². The third-order valence-electron chi connectivity index (χ3n) is 4.22. The molecule has 0 saturated heterocycles. The van der Waals surface area contributed by atoms with Crippen molar-refractivity contribution in [3.63, 3.8) is 0 Å². The lowest BCUT2D eigenvalue weighted by Crippen LogP contribution is -2.32. The van der Waals surface area contributed by atoms with Gasteiger partial charge in [0.25, 0.3) is 5.91 Å². The summed E-state index contributed by atoms with van der Waals surface area (Å²) in [6.07, 6.45) is 5.34. The molecule has 5 nitrogen and oxygen atoms in total. The van der Waals surface area contributed by atoms with Gasteiger partial charge in [0.2, 0.25) is 5.91 Å². The van der Waals surface area contributed by atoms with Gasteiger partial charge in [-0.25, -0.2) is 0 Å². The zero-order valence-corrected chi connectivity index (χ0v) is 15.8. The van der Waals surface area contributed by atoms with Gasteiger partial charge < -0.3 is 15.5 Å². The van der Waals surface area contributed by atoms with Crippen LogP contribution >= 0.6 is 0 Å². The molecule has 2 N–H and O–H groups in total. The molecule has 1 rings (SSSR count). The first-order valence-electron chi connectivity index (χ1n) is 9.03. The second kappa shape index (κ2) is 11.4. The van der Waals surface area contributed by atoms with Crippen molar-refractivity contribution in [2.24, 2.45) is 0 Å². The second-order valence-electron chi connectivity index (χ2n) is 6.11. The Morgan fingerprint density at radius 3 is 2.36 bits per heavy atom. The van der Waals surface area contributed by atoms with E-state index in [9.17, 15) is 9.59 Å². The topological polar surface area (TPSA) is 61.4 Å². The Kier molecular flexibility index (Phi) is 9.55. The quantitative estimate of drug-likeness (QED) is 0.641. The monoisotopic (exact) mass is 345 g/mol. The standard InChI is InChI=1S/C20H31N3O2/c1-5-23(6-2)15-7-8-16(3)22-19(24)14-11-17-9-12-18(13-10-17)20(25)21-4/h9-14,16H,5-8,15H2,1-4H3,(H,21,25)(H,22,24)/b14-11+/t16-/m0/s1. The summed E-state index contributed by atoms with van der Waals surface area (Å²) in [7, 11) is 1.60. The van der Waals surface area contributed by atoms with Crippen LogP contribution in [0.25, 0.3) is 6.08 Å². The molecule has 1 aromatic rings. The van der Waals surface area contributed by atoms with Crippen molar-refractivity contribution in [3.05, 3.63) is 41.5 Å². The van der Waals surface area contributed by atoms with Gasteiger partial charge in [-0.05, 0) is 63.2 Å². The van der Waals surface area contributed by atoms with Crippen molar-refractivity contribution in [2.75, 3.05) is 26.7 Å². The van der Waals surface area contributed by atoms with Crippen LogP contribution in [0.2, 0.25) is 0 Å². The van der Waals surface area contributed by atoms with E-state index >= 15 is 0 Å². The highest BCUT2D eigenvalue weighted by Gasteiger charge is 2.06. The van der Waals surface area contributed by atoms with Gasteiger partial charge >= 0.3 is 0 Å². The van der Waals surface area contributed by atoms with Gasteiger partial charge in [-0.15, -0.1) is 0 Å². The van der Waals surface area contributed by atoms with Crippen molar-refractivity contribution < 1.29 is 9.59 Å². The lowest BCUT2D eigenvalue weighted by atomic mass is 10.1. The van der Waals surface area contributed by atoms with E-state index in [1.54, 1.807) is 25.3 Å². The van der Waals surface area contributed by atoms with E-state index in [1.165, 1.54) is 6.08 Å². The van der Waals surface area contributed by atoms with Crippen LogP contribution in [0, 0.1) is 0 Å². The zero-order chi connectivity index (χ0) is 18.7. The average molecular weight is 345 g/mol. The van der Waals surface area contributed by atoms with Crippen LogP contribution in [0.15, 0.2) is 30.3 Å². The maximum atomic E-state index is 12.0. The van der Waals surface area contributed by atoms with Gasteiger partial charge in [0, 0.05) is 24.7 Å². The summed E-state index contributed by atoms with van der Waals surface area (Å²) >= 11 is 0. The Balaban J connectivity index is 2.39. The summed E-state index contributed by atoms with van der Waals surface area (Å²) in [5.74, 6) is -0.211. The highest BCUT2D eigenvalue weighted by atomic mass is 16.2. The number of rotatable bonds is 10. The molecule has 0 fully saturated rings. The summed E-state index contributed by atoms with van der Waals surface area (Å²) < 4.78 is 0. The molecule has 0 bridgehead atoms. The molecule has 0 aliphatic carbocycles. The third kappa shape index (κ3) is 7.98. The molecule has 2 amide bonds. The minimum atomic E-state index is -0.119. The molecule has 1 aromatic carbocycles. The van der Waals surface area contributed by atoms with E-state index in [0.29, 0.717) is 5.56 Å². The van der Waals surface area contributed by atoms with Crippen molar-refractivity contribution in [1.29, 1.82) is 0 Å². The number of hydrogen-bond acceptors (Lipinski definition) is 3. The van der Waals surface area contributed by atoms with Crippen molar-refractivity contribution in [2.45, 2.75) is 39.7 Å². The van der Waals surface area contributed by atoms with Crippen molar-refractivity contribution >= 4 is 17.9 Å². The minimum absolute atomic E-state index is 0.0919. The molecular weight excluding hydrogens is 314 g/mol. The van der Waals surface area contributed by atoms with Crippen molar-refractivity contribution in [1.82, 2.24) is 15.5 Å². The number of hydrogen-bond donors (Lipinski definition) is 2. The number of amides is 2. The molecule has 0 saturated carbocycles. The number of carbonyl (C=O) groups is 2. The first-order valence-corrected chi connectivity index (χ1v) is 9.03. The van der Waals surface area contributed by atoms with Crippen LogP contribution in [0.4, 0.5) is 0 Å². The fraction of sp³-hybridized carbons (Fsp3) is 0.500. The van der Waals surface area contributed by atoms with Crippen LogP contribution in [0.5, 0.6) is 0 Å². The average Bonchev–Trinajstić information content (AvgIpc) is 2.63. The van der Waals surface area contributed by atoms with Gasteiger partial charge in [0.15, 0.2) is 0 Å². The van der Waals surface area contributed by atoms with Gasteiger partial charge in [-0.3, -0.25) is 9.59 Å². The molecule has 138 valence electrons.